The van der Waals surface area contributed by atoms with E-state index in [-0.39, 0.29) is 12.5 Å². The number of aliphatic hydroxyl groups is 1. The molecule has 0 aliphatic heterocycles. The maximum absolute atomic E-state index is 11.8. The number of aryl methyl sites for hydroxylation is 1. The minimum absolute atomic E-state index is 0.0453. The van der Waals surface area contributed by atoms with Gasteiger partial charge in [-0.05, 0) is 36.8 Å². The molecule has 0 aliphatic rings. The molecule has 1 aromatic carbocycles. The van der Waals surface area contributed by atoms with E-state index >= 15 is 0 Å². The molecule has 1 rings (SSSR count). The van der Waals surface area contributed by atoms with Gasteiger partial charge in [0.15, 0.2) is 0 Å². The van der Waals surface area contributed by atoms with Gasteiger partial charge >= 0.3 is 0 Å². The van der Waals surface area contributed by atoms with Gasteiger partial charge in [0.1, 0.15) is 0 Å². The number of carbonyl (C=O) groups excluding carboxylic acids is 1. The number of halogens is 1. The Morgan fingerprint density at radius 2 is 2.10 bits per heavy atom. The van der Waals surface area contributed by atoms with Crippen LogP contribution in [0, 0.1) is 5.92 Å². The zero-order valence-corrected chi connectivity index (χ0v) is 12.8. The molecule has 2 N–H and O–H groups in total. The predicted octanol–water partition coefficient (Wildman–Crippen LogP) is 3.19. The first-order chi connectivity index (χ1) is 9.67. The third-order valence-electron chi connectivity index (χ3n) is 3.40. The van der Waals surface area contributed by atoms with Crippen molar-refractivity contribution in [3.8, 4) is 0 Å². The van der Waals surface area contributed by atoms with Gasteiger partial charge in [-0.2, -0.15) is 0 Å². The van der Waals surface area contributed by atoms with Crippen LogP contribution in [0.1, 0.15) is 38.2 Å². The van der Waals surface area contributed by atoms with Crippen LogP contribution in [0.3, 0.4) is 0 Å². The molecule has 20 heavy (non-hydrogen) atoms. The molecule has 1 amide bonds. The fourth-order valence-corrected chi connectivity index (χ4v) is 2.47. The van der Waals surface area contributed by atoms with Crippen LogP contribution in [-0.2, 0) is 11.2 Å². The van der Waals surface area contributed by atoms with Gasteiger partial charge in [-0.1, -0.05) is 43.1 Å². The number of aliphatic hydroxyl groups excluding tert-OH is 1. The van der Waals surface area contributed by atoms with E-state index in [1.54, 1.807) is 0 Å². The first kappa shape index (κ1) is 17.0. The van der Waals surface area contributed by atoms with Crippen molar-refractivity contribution in [2.24, 2.45) is 5.92 Å². The van der Waals surface area contributed by atoms with Gasteiger partial charge in [-0.25, -0.2) is 0 Å². The van der Waals surface area contributed by atoms with Crippen molar-refractivity contribution in [2.75, 3.05) is 13.2 Å². The Labute approximate surface area is 126 Å². The SMILES string of the molecule is CCCC(CCO)CNC(=O)CCc1ccccc1Cl. The molecule has 1 aromatic rings. The quantitative estimate of drug-likeness (QED) is 0.735. The van der Waals surface area contributed by atoms with E-state index in [4.69, 9.17) is 16.7 Å². The van der Waals surface area contributed by atoms with E-state index < -0.39 is 0 Å². The van der Waals surface area contributed by atoms with Crippen molar-refractivity contribution in [1.82, 2.24) is 5.32 Å². The Kier molecular flexibility index (Phi) is 8.31. The van der Waals surface area contributed by atoms with E-state index in [1.165, 1.54) is 0 Å². The Bertz CT molecular complexity index is 403. The number of rotatable bonds is 9. The fraction of sp³-hybridized carbons (Fsp3) is 0.562. The molecule has 0 aliphatic carbocycles. The van der Waals surface area contributed by atoms with E-state index in [9.17, 15) is 4.79 Å². The van der Waals surface area contributed by atoms with Crippen molar-refractivity contribution < 1.29 is 9.90 Å². The van der Waals surface area contributed by atoms with Crippen molar-refractivity contribution in [2.45, 2.75) is 39.0 Å². The van der Waals surface area contributed by atoms with Crippen molar-refractivity contribution in [3.05, 3.63) is 34.9 Å². The monoisotopic (exact) mass is 297 g/mol. The predicted molar refractivity (Wildman–Crippen MR) is 82.9 cm³/mol. The summed E-state index contributed by atoms with van der Waals surface area (Å²) in [5.74, 6) is 0.415. The van der Waals surface area contributed by atoms with Gasteiger partial charge in [-0.3, -0.25) is 4.79 Å². The Hall–Kier alpha value is -1.06. The number of hydrogen-bond donors (Lipinski definition) is 2. The van der Waals surface area contributed by atoms with Crippen LogP contribution in [0.2, 0.25) is 5.02 Å². The summed E-state index contributed by atoms with van der Waals surface area (Å²) in [6, 6.07) is 7.60. The van der Waals surface area contributed by atoms with Crippen LogP contribution >= 0.6 is 11.6 Å². The largest absolute Gasteiger partial charge is 0.396 e. The minimum atomic E-state index is 0.0453. The van der Waals surface area contributed by atoms with Gasteiger partial charge < -0.3 is 10.4 Å². The van der Waals surface area contributed by atoms with E-state index in [0.29, 0.717) is 30.3 Å². The van der Waals surface area contributed by atoms with Crippen LogP contribution in [0.25, 0.3) is 0 Å². The first-order valence-electron chi connectivity index (χ1n) is 7.28. The van der Waals surface area contributed by atoms with Gasteiger partial charge in [0.05, 0.1) is 0 Å². The van der Waals surface area contributed by atoms with Crippen molar-refractivity contribution in [1.29, 1.82) is 0 Å². The molecule has 0 saturated heterocycles. The second-order valence-corrected chi connectivity index (χ2v) is 5.47. The molecule has 0 aromatic heterocycles. The zero-order chi connectivity index (χ0) is 14.8. The molecular weight excluding hydrogens is 274 g/mol. The normalized spacial score (nSPS) is 12.2. The lowest BCUT2D eigenvalue weighted by Gasteiger charge is -2.15. The Morgan fingerprint density at radius 1 is 1.35 bits per heavy atom. The second kappa shape index (κ2) is 9.78. The van der Waals surface area contributed by atoms with E-state index in [0.717, 1.165) is 24.8 Å². The van der Waals surface area contributed by atoms with Crippen LogP contribution in [-0.4, -0.2) is 24.2 Å². The highest BCUT2D eigenvalue weighted by atomic mass is 35.5. The van der Waals surface area contributed by atoms with Gasteiger partial charge in [-0.15, -0.1) is 0 Å². The van der Waals surface area contributed by atoms with Gasteiger partial charge in [0.25, 0.3) is 0 Å². The fourth-order valence-electron chi connectivity index (χ4n) is 2.24. The highest BCUT2D eigenvalue weighted by Gasteiger charge is 2.10. The molecular formula is C16H24ClNO2. The molecule has 4 heteroatoms. The summed E-state index contributed by atoms with van der Waals surface area (Å²) in [7, 11) is 0. The van der Waals surface area contributed by atoms with Crippen LogP contribution in [0.15, 0.2) is 24.3 Å². The van der Waals surface area contributed by atoms with Crippen molar-refractivity contribution >= 4 is 17.5 Å². The summed E-state index contributed by atoms with van der Waals surface area (Å²) in [6.45, 7) is 2.94. The lowest BCUT2D eigenvalue weighted by molar-refractivity contribution is -0.121. The number of nitrogens with one attached hydrogen (secondary N) is 1. The zero-order valence-electron chi connectivity index (χ0n) is 12.1. The molecule has 1 unspecified atom stereocenters. The molecule has 0 bridgehead atoms. The maximum Gasteiger partial charge on any atom is 0.220 e. The second-order valence-electron chi connectivity index (χ2n) is 5.06. The van der Waals surface area contributed by atoms with Crippen LogP contribution < -0.4 is 5.32 Å². The topological polar surface area (TPSA) is 49.3 Å². The Morgan fingerprint density at radius 3 is 2.75 bits per heavy atom. The molecule has 0 heterocycles. The number of amides is 1. The summed E-state index contributed by atoms with van der Waals surface area (Å²) in [6.07, 6.45) is 3.95. The highest BCUT2D eigenvalue weighted by molar-refractivity contribution is 6.31. The van der Waals surface area contributed by atoms with E-state index in [1.807, 2.05) is 24.3 Å². The third kappa shape index (κ3) is 6.40. The molecule has 0 saturated carbocycles. The number of carbonyl (C=O) groups is 1. The summed E-state index contributed by atoms with van der Waals surface area (Å²) in [5.41, 5.74) is 1.00. The average Bonchev–Trinajstić information content (AvgIpc) is 2.44. The molecule has 0 spiro atoms. The van der Waals surface area contributed by atoms with Gasteiger partial charge in [0.2, 0.25) is 5.91 Å². The van der Waals surface area contributed by atoms with Crippen LogP contribution in [0.4, 0.5) is 0 Å². The maximum atomic E-state index is 11.8. The van der Waals surface area contributed by atoms with Crippen molar-refractivity contribution in [3.63, 3.8) is 0 Å². The molecule has 1 atom stereocenters. The van der Waals surface area contributed by atoms with Gasteiger partial charge in [0, 0.05) is 24.6 Å². The smallest absolute Gasteiger partial charge is 0.220 e. The molecule has 112 valence electrons. The average molecular weight is 298 g/mol. The van der Waals surface area contributed by atoms with E-state index in [2.05, 4.69) is 12.2 Å². The third-order valence-corrected chi connectivity index (χ3v) is 3.77. The lowest BCUT2D eigenvalue weighted by atomic mass is 10.00. The Balaban J connectivity index is 2.31. The summed E-state index contributed by atoms with van der Waals surface area (Å²) < 4.78 is 0. The summed E-state index contributed by atoms with van der Waals surface area (Å²) >= 11 is 6.06. The lowest BCUT2D eigenvalue weighted by Crippen LogP contribution is -2.29. The molecule has 0 radical (unpaired) electrons. The summed E-state index contributed by atoms with van der Waals surface area (Å²) in [4.78, 5) is 11.8. The first-order valence-corrected chi connectivity index (χ1v) is 7.66. The number of benzene rings is 1. The molecule has 0 fully saturated rings. The highest BCUT2D eigenvalue weighted by Crippen LogP contribution is 2.16. The van der Waals surface area contributed by atoms with Crippen LogP contribution in [0.5, 0.6) is 0 Å². The molecule has 3 nitrogen and oxygen atoms in total. The summed E-state index contributed by atoms with van der Waals surface area (Å²) in [5, 5.41) is 12.6. The number of hydrogen-bond acceptors (Lipinski definition) is 2. The standard InChI is InChI=1S/C16H24ClNO2/c1-2-5-13(10-11-19)12-18-16(20)9-8-14-6-3-4-7-15(14)17/h3-4,6-7,13,19H,2,5,8-12H2,1H3,(H,18,20). The minimum Gasteiger partial charge on any atom is -0.396 e.